The highest BCUT2D eigenvalue weighted by Crippen LogP contribution is 2.21. The van der Waals surface area contributed by atoms with Gasteiger partial charge in [0.1, 0.15) is 0 Å². The van der Waals surface area contributed by atoms with Crippen LogP contribution in [0.25, 0.3) is 0 Å². The lowest BCUT2D eigenvalue weighted by atomic mass is 9.95. The van der Waals surface area contributed by atoms with Crippen molar-refractivity contribution in [3.63, 3.8) is 0 Å². The van der Waals surface area contributed by atoms with E-state index in [-0.39, 0.29) is 0 Å². The Balaban J connectivity index is 1.50. The van der Waals surface area contributed by atoms with Crippen LogP contribution in [0.4, 0.5) is 0 Å². The maximum atomic E-state index is 5.89. The van der Waals surface area contributed by atoms with Crippen molar-refractivity contribution in [2.75, 3.05) is 53.0 Å². The molecule has 5 heteroatoms. The molecular formula is C20H33N3O2. The van der Waals surface area contributed by atoms with E-state index in [9.17, 15) is 0 Å². The lowest BCUT2D eigenvalue weighted by Gasteiger charge is -2.35. The van der Waals surface area contributed by atoms with E-state index in [4.69, 9.17) is 9.47 Å². The second-order valence-electron chi connectivity index (χ2n) is 7.47. The van der Waals surface area contributed by atoms with Crippen molar-refractivity contribution in [2.24, 2.45) is 5.92 Å². The van der Waals surface area contributed by atoms with Crippen LogP contribution in [0.1, 0.15) is 31.2 Å². The molecule has 5 nitrogen and oxygen atoms in total. The van der Waals surface area contributed by atoms with Crippen LogP contribution >= 0.6 is 0 Å². The summed E-state index contributed by atoms with van der Waals surface area (Å²) in [4.78, 5) is 9.41. The van der Waals surface area contributed by atoms with E-state index in [0.29, 0.717) is 6.10 Å². The fourth-order valence-electron chi connectivity index (χ4n) is 4.01. The minimum atomic E-state index is 0.415. The first kappa shape index (κ1) is 18.8. The van der Waals surface area contributed by atoms with E-state index >= 15 is 0 Å². The Morgan fingerprint density at radius 2 is 2.16 bits per heavy atom. The Labute approximate surface area is 152 Å². The summed E-state index contributed by atoms with van der Waals surface area (Å²) in [7, 11) is 1.79. The number of likely N-dealkylation sites (tertiary alicyclic amines) is 1. The van der Waals surface area contributed by atoms with Crippen molar-refractivity contribution >= 4 is 0 Å². The first-order chi connectivity index (χ1) is 12.3. The Hall–Kier alpha value is -1.01. The highest BCUT2D eigenvalue weighted by atomic mass is 16.5. The molecule has 1 atom stereocenters. The van der Waals surface area contributed by atoms with Gasteiger partial charge in [0.15, 0.2) is 0 Å². The third-order valence-electron chi connectivity index (χ3n) is 5.45. The minimum Gasteiger partial charge on any atom is -0.383 e. The largest absolute Gasteiger partial charge is 0.383 e. The SMILES string of the molecule is COCCN1CCC(CN(Cc2cccnc2)CC2CCCO2)CC1. The number of nitrogens with zero attached hydrogens (tertiary/aromatic N) is 3. The van der Waals surface area contributed by atoms with Crippen molar-refractivity contribution < 1.29 is 9.47 Å². The third-order valence-corrected chi connectivity index (χ3v) is 5.45. The number of pyridine rings is 1. The van der Waals surface area contributed by atoms with Crippen LogP contribution < -0.4 is 0 Å². The quantitative estimate of drug-likeness (QED) is 0.686. The molecule has 0 saturated carbocycles. The predicted molar refractivity (Wildman–Crippen MR) is 99.5 cm³/mol. The van der Waals surface area contributed by atoms with Gasteiger partial charge in [0, 0.05) is 52.3 Å². The zero-order valence-electron chi connectivity index (χ0n) is 15.6. The summed E-state index contributed by atoms with van der Waals surface area (Å²) in [5.41, 5.74) is 1.30. The van der Waals surface area contributed by atoms with Gasteiger partial charge in [0.25, 0.3) is 0 Å². The molecule has 25 heavy (non-hydrogen) atoms. The molecule has 0 aromatic carbocycles. The molecule has 0 aliphatic carbocycles. The van der Waals surface area contributed by atoms with Gasteiger partial charge in [-0.1, -0.05) is 6.07 Å². The summed E-state index contributed by atoms with van der Waals surface area (Å²) in [6.07, 6.45) is 9.26. The minimum absolute atomic E-state index is 0.415. The average Bonchev–Trinajstić information content (AvgIpc) is 3.15. The molecule has 3 heterocycles. The van der Waals surface area contributed by atoms with Gasteiger partial charge in [-0.25, -0.2) is 0 Å². The maximum absolute atomic E-state index is 5.89. The molecule has 3 rings (SSSR count). The van der Waals surface area contributed by atoms with Crippen LogP contribution in [0.15, 0.2) is 24.5 Å². The summed E-state index contributed by atoms with van der Waals surface area (Å²) in [5.74, 6) is 0.789. The van der Waals surface area contributed by atoms with Gasteiger partial charge in [-0.15, -0.1) is 0 Å². The number of aromatic nitrogens is 1. The maximum Gasteiger partial charge on any atom is 0.0702 e. The fourth-order valence-corrected chi connectivity index (χ4v) is 4.01. The van der Waals surface area contributed by atoms with Gasteiger partial charge in [0.05, 0.1) is 12.7 Å². The topological polar surface area (TPSA) is 37.8 Å². The molecular weight excluding hydrogens is 314 g/mol. The Bertz CT molecular complexity index is 471. The standard InChI is InChI=1S/C20H33N3O2/c1-24-13-11-22-9-6-18(7-10-22)15-23(17-20-5-3-12-25-20)16-19-4-2-8-21-14-19/h2,4,8,14,18,20H,3,5-7,9-13,15-17H2,1H3. The van der Waals surface area contributed by atoms with Crippen LogP contribution in [0, 0.1) is 5.92 Å². The third kappa shape index (κ3) is 6.33. The number of methoxy groups -OCH3 is 1. The van der Waals surface area contributed by atoms with Crippen LogP contribution in [-0.2, 0) is 16.0 Å². The number of rotatable bonds is 9. The predicted octanol–water partition coefficient (Wildman–Crippen LogP) is 2.42. The Kier molecular flexibility index (Phi) is 7.67. The first-order valence-corrected chi connectivity index (χ1v) is 9.77. The molecule has 0 bridgehead atoms. The molecule has 0 radical (unpaired) electrons. The van der Waals surface area contributed by atoms with Crippen molar-refractivity contribution in [1.82, 2.24) is 14.8 Å². The summed E-state index contributed by atoms with van der Waals surface area (Å²) < 4.78 is 11.1. The highest BCUT2D eigenvalue weighted by molar-refractivity contribution is 5.08. The van der Waals surface area contributed by atoms with Crippen LogP contribution in [-0.4, -0.2) is 73.9 Å². The van der Waals surface area contributed by atoms with Gasteiger partial charge in [-0.05, 0) is 56.3 Å². The van der Waals surface area contributed by atoms with E-state index in [2.05, 4.69) is 20.9 Å². The van der Waals surface area contributed by atoms with Gasteiger partial charge in [0.2, 0.25) is 0 Å². The second kappa shape index (κ2) is 10.2. The van der Waals surface area contributed by atoms with Gasteiger partial charge < -0.3 is 14.4 Å². The van der Waals surface area contributed by atoms with E-state index in [0.717, 1.165) is 38.8 Å². The first-order valence-electron chi connectivity index (χ1n) is 9.77. The summed E-state index contributed by atoms with van der Waals surface area (Å²) >= 11 is 0. The molecule has 1 aromatic heterocycles. The number of hydrogen-bond acceptors (Lipinski definition) is 5. The summed E-state index contributed by atoms with van der Waals surface area (Å²) in [6, 6.07) is 4.22. The molecule has 2 fully saturated rings. The van der Waals surface area contributed by atoms with E-state index in [1.165, 1.54) is 50.9 Å². The monoisotopic (exact) mass is 347 g/mol. The summed E-state index contributed by atoms with van der Waals surface area (Å²) in [6.45, 7) is 8.46. The van der Waals surface area contributed by atoms with Crippen molar-refractivity contribution in [3.8, 4) is 0 Å². The molecule has 0 amide bonds. The molecule has 0 N–H and O–H groups in total. The molecule has 140 valence electrons. The zero-order valence-corrected chi connectivity index (χ0v) is 15.6. The van der Waals surface area contributed by atoms with Gasteiger partial charge >= 0.3 is 0 Å². The van der Waals surface area contributed by atoms with Crippen LogP contribution in [0.2, 0.25) is 0 Å². The van der Waals surface area contributed by atoms with Crippen molar-refractivity contribution in [2.45, 2.75) is 38.3 Å². The molecule has 0 spiro atoms. The van der Waals surface area contributed by atoms with Crippen molar-refractivity contribution in [3.05, 3.63) is 30.1 Å². The fraction of sp³-hybridized carbons (Fsp3) is 0.750. The van der Waals surface area contributed by atoms with E-state index in [1.807, 2.05) is 18.5 Å². The van der Waals surface area contributed by atoms with E-state index < -0.39 is 0 Å². The van der Waals surface area contributed by atoms with Crippen molar-refractivity contribution in [1.29, 1.82) is 0 Å². The molecule has 2 saturated heterocycles. The summed E-state index contributed by atoms with van der Waals surface area (Å²) in [5, 5.41) is 0. The molecule has 1 unspecified atom stereocenters. The molecule has 2 aliphatic rings. The molecule has 1 aromatic rings. The lowest BCUT2D eigenvalue weighted by Crippen LogP contribution is -2.41. The lowest BCUT2D eigenvalue weighted by molar-refractivity contribution is 0.0551. The number of ether oxygens (including phenoxy) is 2. The average molecular weight is 348 g/mol. The normalized spacial score (nSPS) is 22.7. The van der Waals surface area contributed by atoms with Gasteiger partial charge in [-0.2, -0.15) is 0 Å². The van der Waals surface area contributed by atoms with E-state index in [1.54, 1.807) is 7.11 Å². The highest BCUT2D eigenvalue weighted by Gasteiger charge is 2.24. The van der Waals surface area contributed by atoms with Crippen LogP contribution in [0.5, 0.6) is 0 Å². The number of hydrogen-bond donors (Lipinski definition) is 0. The molecule has 2 aliphatic heterocycles. The van der Waals surface area contributed by atoms with Gasteiger partial charge in [-0.3, -0.25) is 9.88 Å². The smallest absolute Gasteiger partial charge is 0.0702 e. The number of piperidine rings is 1. The zero-order chi connectivity index (χ0) is 17.3. The Morgan fingerprint density at radius 3 is 2.84 bits per heavy atom. The van der Waals surface area contributed by atoms with Crippen LogP contribution in [0.3, 0.4) is 0 Å². The Morgan fingerprint density at radius 1 is 1.28 bits per heavy atom. The second-order valence-corrected chi connectivity index (χ2v) is 7.47.